The maximum Gasteiger partial charge on any atom is 0.126 e. The van der Waals surface area contributed by atoms with Crippen molar-refractivity contribution in [3.63, 3.8) is 0 Å². The Hall–Kier alpha value is -2.01. The molecule has 1 aromatic heterocycles. The average molecular weight is 233 g/mol. The Morgan fingerprint density at radius 1 is 1.29 bits per heavy atom. The summed E-state index contributed by atoms with van der Waals surface area (Å²) < 4.78 is 10.5. The molecule has 2 aromatic rings. The van der Waals surface area contributed by atoms with E-state index >= 15 is 0 Å². The third-order valence-corrected chi connectivity index (χ3v) is 2.60. The summed E-state index contributed by atoms with van der Waals surface area (Å²) in [6, 6.07) is 5.78. The molecular formula is C12H15N3O2. The Labute approximate surface area is 99.5 Å². The molecule has 0 spiro atoms. The average Bonchev–Trinajstić information content (AvgIpc) is 2.76. The highest BCUT2D eigenvalue weighted by molar-refractivity contribution is 5.77. The van der Waals surface area contributed by atoms with Gasteiger partial charge in [0.25, 0.3) is 0 Å². The predicted molar refractivity (Wildman–Crippen MR) is 65.7 cm³/mol. The van der Waals surface area contributed by atoms with Crippen molar-refractivity contribution in [3.8, 4) is 16.9 Å². The van der Waals surface area contributed by atoms with Crippen molar-refractivity contribution >= 4 is 5.82 Å². The molecule has 0 aliphatic heterocycles. The summed E-state index contributed by atoms with van der Waals surface area (Å²) in [5, 5.41) is 6.64. The van der Waals surface area contributed by atoms with Crippen LogP contribution in [0.15, 0.2) is 24.4 Å². The molecule has 5 nitrogen and oxygen atoms in total. The van der Waals surface area contributed by atoms with Crippen LogP contribution in [0.4, 0.5) is 5.82 Å². The molecule has 0 aliphatic carbocycles. The zero-order valence-corrected chi connectivity index (χ0v) is 9.86. The van der Waals surface area contributed by atoms with Crippen LogP contribution in [0.1, 0.15) is 5.56 Å². The number of nitrogens with two attached hydrogens (primary N) is 1. The molecule has 0 radical (unpaired) electrons. The first-order chi connectivity index (χ1) is 8.27. The van der Waals surface area contributed by atoms with E-state index < -0.39 is 0 Å². The summed E-state index contributed by atoms with van der Waals surface area (Å²) in [5.41, 5.74) is 8.62. The maximum absolute atomic E-state index is 5.83. The number of anilines is 1. The van der Waals surface area contributed by atoms with Gasteiger partial charge in [-0.05, 0) is 11.6 Å². The number of aromatic nitrogens is 2. The highest BCUT2D eigenvalue weighted by atomic mass is 16.5. The Balaban J connectivity index is 2.57. The molecule has 0 saturated carbocycles. The molecule has 0 unspecified atom stereocenters. The smallest absolute Gasteiger partial charge is 0.126 e. The number of benzene rings is 1. The lowest BCUT2D eigenvalue weighted by atomic mass is 10.0. The van der Waals surface area contributed by atoms with E-state index in [0.29, 0.717) is 12.4 Å². The van der Waals surface area contributed by atoms with E-state index in [4.69, 9.17) is 15.2 Å². The van der Waals surface area contributed by atoms with Gasteiger partial charge in [-0.1, -0.05) is 12.1 Å². The molecule has 90 valence electrons. The van der Waals surface area contributed by atoms with Crippen molar-refractivity contribution in [2.75, 3.05) is 20.0 Å². The van der Waals surface area contributed by atoms with Gasteiger partial charge >= 0.3 is 0 Å². The number of H-pyrrole nitrogens is 1. The van der Waals surface area contributed by atoms with Gasteiger partial charge in [-0.3, -0.25) is 5.10 Å². The molecule has 5 heteroatoms. The number of methoxy groups -OCH3 is 2. The summed E-state index contributed by atoms with van der Waals surface area (Å²) >= 11 is 0. The van der Waals surface area contributed by atoms with E-state index in [1.807, 2.05) is 18.2 Å². The molecule has 17 heavy (non-hydrogen) atoms. The van der Waals surface area contributed by atoms with Gasteiger partial charge in [0.1, 0.15) is 11.6 Å². The highest BCUT2D eigenvalue weighted by Gasteiger charge is 2.13. The number of aromatic amines is 1. The number of nitrogens with zero attached hydrogens (tertiary/aromatic N) is 1. The van der Waals surface area contributed by atoms with E-state index in [-0.39, 0.29) is 0 Å². The van der Waals surface area contributed by atoms with Gasteiger partial charge in [-0.15, -0.1) is 0 Å². The number of hydrogen-bond donors (Lipinski definition) is 2. The zero-order valence-electron chi connectivity index (χ0n) is 9.86. The fourth-order valence-corrected chi connectivity index (χ4v) is 1.81. The van der Waals surface area contributed by atoms with Crippen molar-refractivity contribution < 1.29 is 9.47 Å². The van der Waals surface area contributed by atoms with E-state index in [1.165, 1.54) is 0 Å². The minimum Gasteiger partial charge on any atom is -0.496 e. The van der Waals surface area contributed by atoms with Crippen molar-refractivity contribution in [1.82, 2.24) is 10.2 Å². The largest absolute Gasteiger partial charge is 0.496 e. The van der Waals surface area contributed by atoms with Crippen molar-refractivity contribution in [1.29, 1.82) is 0 Å². The van der Waals surface area contributed by atoms with Crippen molar-refractivity contribution in [3.05, 3.63) is 30.0 Å². The molecule has 2 rings (SSSR count). The molecule has 1 aromatic carbocycles. The van der Waals surface area contributed by atoms with Gasteiger partial charge < -0.3 is 15.2 Å². The first kappa shape index (κ1) is 11.5. The molecule has 1 heterocycles. The van der Waals surface area contributed by atoms with Crippen LogP contribution in [0.3, 0.4) is 0 Å². The Bertz CT molecular complexity index is 508. The van der Waals surface area contributed by atoms with Crippen molar-refractivity contribution in [2.24, 2.45) is 0 Å². The quantitative estimate of drug-likeness (QED) is 0.844. The summed E-state index contributed by atoms with van der Waals surface area (Å²) in [6.07, 6.45) is 1.70. The lowest BCUT2D eigenvalue weighted by Gasteiger charge is -2.12. The first-order valence-electron chi connectivity index (χ1n) is 5.22. The molecular weight excluding hydrogens is 218 g/mol. The van der Waals surface area contributed by atoms with Gasteiger partial charge in [0, 0.05) is 18.2 Å². The zero-order chi connectivity index (χ0) is 12.3. The van der Waals surface area contributed by atoms with Crippen LogP contribution in [0.25, 0.3) is 11.1 Å². The van der Waals surface area contributed by atoms with Gasteiger partial charge in [0.2, 0.25) is 0 Å². The molecule has 0 fully saturated rings. The maximum atomic E-state index is 5.83. The molecule has 0 amide bonds. The third-order valence-electron chi connectivity index (χ3n) is 2.60. The monoisotopic (exact) mass is 233 g/mol. The molecule has 0 atom stereocenters. The van der Waals surface area contributed by atoms with Gasteiger partial charge in [0.15, 0.2) is 0 Å². The van der Waals surface area contributed by atoms with Crippen LogP contribution in [0, 0.1) is 0 Å². The van der Waals surface area contributed by atoms with Crippen LogP contribution >= 0.6 is 0 Å². The van der Waals surface area contributed by atoms with Crippen molar-refractivity contribution in [2.45, 2.75) is 6.61 Å². The minimum absolute atomic E-state index is 0.462. The highest BCUT2D eigenvalue weighted by Crippen LogP contribution is 2.33. The van der Waals surface area contributed by atoms with Crippen LogP contribution in [0.2, 0.25) is 0 Å². The number of ether oxygens (including phenoxy) is 2. The molecule has 3 N–H and O–H groups in total. The first-order valence-corrected chi connectivity index (χ1v) is 5.22. The fourth-order valence-electron chi connectivity index (χ4n) is 1.81. The van der Waals surface area contributed by atoms with Gasteiger partial charge in [-0.25, -0.2) is 0 Å². The van der Waals surface area contributed by atoms with E-state index in [1.54, 1.807) is 20.4 Å². The van der Waals surface area contributed by atoms with Gasteiger partial charge in [0.05, 0.1) is 19.9 Å². The standard InChI is InChI=1S/C12H15N3O2/c1-16-7-10-8(4-3-5-11(10)17-2)9-6-14-15-12(9)13/h3-6H,7H2,1-2H3,(H3,13,14,15). The summed E-state index contributed by atoms with van der Waals surface area (Å²) in [5.74, 6) is 1.32. The second-order valence-electron chi connectivity index (χ2n) is 3.62. The summed E-state index contributed by atoms with van der Waals surface area (Å²) in [7, 11) is 3.28. The van der Waals surface area contributed by atoms with E-state index in [0.717, 1.165) is 22.4 Å². The number of rotatable bonds is 4. The number of nitrogens with one attached hydrogen (secondary N) is 1. The molecule has 0 bridgehead atoms. The summed E-state index contributed by atoms with van der Waals surface area (Å²) in [6.45, 7) is 0.462. The third kappa shape index (κ3) is 2.09. The minimum atomic E-state index is 0.462. The second kappa shape index (κ2) is 4.88. The van der Waals surface area contributed by atoms with Crippen LogP contribution < -0.4 is 10.5 Å². The van der Waals surface area contributed by atoms with E-state index in [9.17, 15) is 0 Å². The normalized spacial score (nSPS) is 10.5. The van der Waals surface area contributed by atoms with Crippen LogP contribution in [-0.4, -0.2) is 24.4 Å². The second-order valence-corrected chi connectivity index (χ2v) is 3.62. The number of hydrogen-bond acceptors (Lipinski definition) is 4. The topological polar surface area (TPSA) is 73.2 Å². The Morgan fingerprint density at radius 3 is 2.71 bits per heavy atom. The molecule has 0 saturated heterocycles. The lowest BCUT2D eigenvalue weighted by molar-refractivity contribution is 0.182. The Morgan fingerprint density at radius 2 is 2.12 bits per heavy atom. The predicted octanol–water partition coefficient (Wildman–Crippen LogP) is 1.81. The summed E-state index contributed by atoms with van der Waals surface area (Å²) in [4.78, 5) is 0. The van der Waals surface area contributed by atoms with E-state index in [2.05, 4.69) is 10.2 Å². The molecule has 0 aliphatic rings. The Kier molecular flexibility index (Phi) is 3.30. The van der Waals surface area contributed by atoms with Gasteiger partial charge in [-0.2, -0.15) is 5.10 Å². The van der Waals surface area contributed by atoms with Crippen LogP contribution in [0.5, 0.6) is 5.75 Å². The number of nitrogen functional groups attached to an aromatic ring is 1. The fraction of sp³-hybridized carbons (Fsp3) is 0.250. The van der Waals surface area contributed by atoms with Crippen LogP contribution in [-0.2, 0) is 11.3 Å². The SMILES string of the molecule is COCc1c(OC)cccc1-c1cn[nH]c1N. The lowest BCUT2D eigenvalue weighted by Crippen LogP contribution is -1.98.